The van der Waals surface area contributed by atoms with E-state index in [0.29, 0.717) is 12.8 Å². The minimum atomic E-state index is -5.47. The number of aliphatic hydroxyl groups excluding tert-OH is 4. The first-order valence-corrected chi connectivity index (χ1v) is 28.3. The molecule has 0 radical (unpaired) electrons. The molecular formula is C49H83N3O17P2. The van der Waals surface area contributed by atoms with Crippen LogP contribution in [0, 0.1) is 5.92 Å². The predicted molar refractivity (Wildman–Crippen MR) is 268 cm³/mol. The van der Waals surface area contributed by atoms with E-state index < -0.39 is 95.9 Å². The van der Waals surface area contributed by atoms with Crippen LogP contribution in [0.4, 0.5) is 5.82 Å². The van der Waals surface area contributed by atoms with Crippen LogP contribution in [-0.4, -0.2) is 108 Å². The molecule has 71 heavy (non-hydrogen) atoms. The van der Waals surface area contributed by atoms with Crippen molar-refractivity contribution in [2.75, 3.05) is 25.6 Å². The number of phosphoric ester groups is 2. The van der Waals surface area contributed by atoms with E-state index in [9.17, 15) is 53.7 Å². The second-order valence-electron chi connectivity index (χ2n) is 18.0. The van der Waals surface area contributed by atoms with Gasteiger partial charge in [-0.2, -0.15) is 9.29 Å². The molecule has 22 heteroatoms. The molecule has 20 nitrogen and oxygen atoms in total. The van der Waals surface area contributed by atoms with Crippen LogP contribution in [0.2, 0.25) is 0 Å². The molecule has 0 aliphatic carbocycles. The molecule has 1 fully saturated rings. The zero-order chi connectivity index (χ0) is 52.5. The lowest BCUT2D eigenvalue weighted by atomic mass is 9.99. The fraction of sp³-hybridized carbons (Fsp3) is 0.714. The maximum atomic E-state index is 12.9. The SMILES string of the molecule is CCCCC/C=C\C[C@@H](O)/C=C/C=C/C=C\[C@@H](O)CCCC(=O)OC[C@H](COP(=O)(O)OP(=O)(O)OC[C@H]1O[C@@H](n2ccc(N)nc2=O)[C@H](O)[C@@H]1O)OC(=O)CCCCCCCCCCCCC(C)CC. The molecule has 10 atom stereocenters. The Hall–Kier alpha value is -3.36. The Kier molecular flexibility index (Phi) is 32.8. The van der Waals surface area contributed by atoms with Crippen LogP contribution in [-0.2, 0) is 46.3 Å². The average Bonchev–Trinajstić information content (AvgIpc) is 3.60. The summed E-state index contributed by atoms with van der Waals surface area (Å²) in [6, 6.07) is 1.23. The largest absolute Gasteiger partial charge is 0.481 e. The van der Waals surface area contributed by atoms with Gasteiger partial charge in [-0.05, 0) is 50.5 Å². The number of carbonyl (C=O) groups is 2. The zero-order valence-corrected chi connectivity index (χ0v) is 43.7. The van der Waals surface area contributed by atoms with Crippen molar-refractivity contribution in [1.82, 2.24) is 9.55 Å². The van der Waals surface area contributed by atoms with Crippen LogP contribution in [0.3, 0.4) is 0 Å². The number of hydrogen-bond donors (Lipinski definition) is 7. The number of anilines is 1. The van der Waals surface area contributed by atoms with E-state index in [1.54, 1.807) is 30.4 Å². The van der Waals surface area contributed by atoms with Gasteiger partial charge in [0.25, 0.3) is 0 Å². The molecule has 3 unspecified atom stereocenters. The molecule has 1 aliphatic rings. The second kappa shape index (κ2) is 36.5. The van der Waals surface area contributed by atoms with Crippen molar-refractivity contribution in [3.63, 3.8) is 0 Å². The lowest BCUT2D eigenvalue weighted by Crippen LogP contribution is -2.36. The Bertz CT molecular complexity index is 1930. The van der Waals surface area contributed by atoms with Crippen molar-refractivity contribution < 1.29 is 76.5 Å². The van der Waals surface area contributed by atoms with Gasteiger partial charge in [0.05, 0.1) is 25.4 Å². The second-order valence-corrected chi connectivity index (χ2v) is 21.0. The number of hydrogen-bond acceptors (Lipinski definition) is 17. The third kappa shape index (κ3) is 29.8. The highest BCUT2D eigenvalue weighted by Crippen LogP contribution is 2.60. The van der Waals surface area contributed by atoms with Crippen LogP contribution in [0.1, 0.15) is 162 Å². The van der Waals surface area contributed by atoms with Gasteiger partial charge in [-0.25, -0.2) is 13.9 Å². The summed E-state index contributed by atoms with van der Waals surface area (Å²) in [5.41, 5.74) is 4.56. The summed E-state index contributed by atoms with van der Waals surface area (Å²) in [5, 5.41) is 41.3. The third-order valence-corrected chi connectivity index (χ3v) is 14.2. The smallest absolute Gasteiger partial charge is 0.462 e. The predicted octanol–water partition coefficient (Wildman–Crippen LogP) is 7.96. The van der Waals surface area contributed by atoms with Crippen molar-refractivity contribution in [3.8, 4) is 0 Å². The van der Waals surface area contributed by atoms with Crippen LogP contribution in [0.15, 0.2) is 65.7 Å². The number of unbranched alkanes of at least 4 members (excludes halogenated alkanes) is 12. The van der Waals surface area contributed by atoms with E-state index in [4.69, 9.17) is 29.0 Å². The minimum Gasteiger partial charge on any atom is -0.462 e. The summed E-state index contributed by atoms with van der Waals surface area (Å²) in [5.74, 6) is -0.769. The van der Waals surface area contributed by atoms with Gasteiger partial charge in [0, 0.05) is 19.0 Å². The third-order valence-electron chi connectivity index (χ3n) is 11.6. The number of esters is 2. The molecule has 0 aromatic carbocycles. The number of phosphoric acid groups is 2. The Morgan fingerprint density at radius 2 is 1.41 bits per heavy atom. The van der Waals surface area contributed by atoms with Gasteiger partial charge in [-0.1, -0.05) is 153 Å². The maximum Gasteiger partial charge on any atom is 0.481 e. The lowest BCUT2D eigenvalue weighted by Gasteiger charge is -2.21. The van der Waals surface area contributed by atoms with Crippen molar-refractivity contribution in [2.45, 2.75) is 198 Å². The highest BCUT2D eigenvalue weighted by atomic mass is 31.3. The van der Waals surface area contributed by atoms with Crippen molar-refractivity contribution in [2.24, 2.45) is 5.92 Å². The molecule has 8 N–H and O–H groups in total. The number of ether oxygens (including phenoxy) is 3. The average molecular weight is 1050 g/mol. The highest BCUT2D eigenvalue weighted by Gasteiger charge is 2.46. The van der Waals surface area contributed by atoms with Crippen molar-refractivity contribution in [3.05, 3.63) is 71.4 Å². The number of aromatic nitrogens is 2. The van der Waals surface area contributed by atoms with E-state index >= 15 is 0 Å². The van der Waals surface area contributed by atoms with Gasteiger partial charge >= 0.3 is 33.3 Å². The topological polar surface area (TPSA) is 306 Å². The Morgan fingerprint density at radius 3 is 2.06 bits per heavy atom. The molecule has 1 aliphatic heterocycles. The fourth-order valence-corrected chi connectivity index (χ4v) is 9.36. The Balaban J connectivity index is 1.88. The molecule has 0 spiro atoms. The summed E-state index contributed by atoms with van der Waals surface area (Å²) in [6.45, 7) is 4.15. The number of rotatable bonds is 40. The lowest BCUT2D eigenvalue weighted by molar-refractivity contribution is -0.161. The molecule has 2 heterocycles. The first-order valence-electron chi connectivity index (χ1n) is 25.3. The molecule has 0 bridgehead atoms. The summed E-state index contributed by atoms with van der Waals surface area (Å²) < 4.78 is 56.5. The fourth-order valence-electron chi connectivity index (χ4n) is 7.25. The van der Waals surface area contributed by atoms with Gasteiger partial charge in [-0.3, -0.25) is 23.2 Å². The van der Waals surface area contributed by atoms with Crippen LogP contribution in [0.5, 0.6) is 0 Å². The van der Waals surface area contributed by atoms with E-state index in [1.165, 1.54) is 57.1 Å². The number of nitrogen functional groups attached to an aromatic ring is 1. The van der Waals surface area contributed by atoms with Crippen molar-refractivity contribution in [1.29, 1.82) is 0 Å². The van der Waals surface area contributed by atoms with Crippen LogP contribution >= 0.6 is 15.6 Å². The van der Waals surface area contributed by atoms with Gasteiger partial charge in [0.1, 0.15) is 30.7 Å². The van der Waals surface area contributed by atoms with E-state index in [2.05, 4.69) is 36.1 Å². The van der Waals surface area contributed by atoms with Crippen LogP contribution < -0.4 is 11.4 Å². The van der Waals surface area contributed by atoms with Crippen molar-refractivity contribution >= 4 is 33.4 Å². The van der Waals surface area contributed by atoms with E-state index in [1.807, 2.05) is 6.08 Å². The van der Waals surface area contributed by atoms with Gasteiger partial charge < -0.3 is 50.2 Å². The Morgan fingerprint density at radius 1 is 0.789 bits per heavy atom. The Labute approximate surface area is 419 Å². The summed E-state index contributed by atoms with van der Waals surface area (Å²) in [4.78, 5) is 61.9. The number of allylic oxidation sites excluding steroid dienone is 5. The van der Waals surface area contributed by atoms with E-state index in [0.717, 1.165) is 68.0 Å². The normalized spacial score (nSPS) is 20.9. The standard InChI is InChI=1S/C49H83N3O17P2/c1-4-6-7-8-16-21-27-39(53)28-22-18-19-23-29-40(54)30-25-32-44(55)64-35-41(67-45(56)31-24-17-14-12-10-9-11-13-15-20-26-38(3)5-2)36-65-70(60,61)69-71(62,63)66-37-42-46(57)47(58)48(68-42)52-34-33-43(50)51-49(52)59/h16,18-19,21-23,28-29,33-34,38-42,46-48,53-54,57-58H,4-15,17,20,24-27,30-32,35-37H2,1-3H3,(H,60,61)(H,62,63)(H2,50,51,59)/b19-18+,21-16-,28-22+,29-23-/t38?,39-,40-,41-,42-,46-,47-,48-/m1/s1. The number of nitrogens with zero attached hydrogens (tertiary/aromatic N) is 2. The first kappa shape index (κ1) is 63.8. The molecule has 2 rings (SSSR count). The minimum absolute atomic E-state index is 0.00258. The van der Waals surface area contributed by atoms with Crippen LogP contribution in [0.25, 0.3) is 0 Å². The number of carbonyl (C=O) groups excluding carboxylic acids is 2. The molecule has 0 amide bonds. The molecule has 1 aromatic heterocycles. The van der Waals surface area contributed by atoms with Gasteiger partial charge in [0.2, 0.25) is 0 Å². The highest BCUT2D eigenvalue weighted by molar-refractivity contribution is 7.61. The maximum absolute atomic E-state index is 12.9. The molecular weight excluding hydrogens is 964 g/mol. The monoisotopic (exact) mass is 1050 g/mol. The molecule has 0 saturated carbocycles. The number of nitrogens with two attached hydrogens (primary N) is 1. The van der Waals surface area contributed by atoms with Gasteiger partial charge in [0.15, 0.2) is 12.3 Å². The summed E-state index contributed by atoms with van der Waals surface area (Å²) in [6.07, 6.45) is 24.0. The van der Waals surface area contributed by atoms with E-state index in [-0.39, 0.29) is 31.5 Å². The quantitative estimate of drug-likeness (QED) is 0.0108. The molecule has 406 valence electrons. The first-order chi connectivity index (χ1) is 33.9. The molecule has 1 aromatic rings. The number of aliphatic hydroxyl groups is 4. The summed E-state index contributed by atoms with van der Waals surface area (Å²) in [7, 11) is -10.9. The van der Waals surface area contributed by atoms with Gasteiger partial charge in [-0.15, -0.1) is 0 Å². The molecule has 1 saturated heterocycles. The summed E-state index contributed by atoms with van der Waals surface area (Å²) >= 11 is 0. The zero-order valence-electron chi connectivity index (χ0n) is 41.9.